The van der Waals surface area contributed by atoms with E-state index in [4.69, 9.17) is 11.6 Å². The van der Waals surface area contributed by atoms with E-state index in [0.717, 1.165) is 41.4 Å². The number of aryl methyl sites for hydroxylation is 2. The van der Waals surface area contributed by atoms with Crippen molar-refractivity contribution in [3.8, 4) is 17.2 Å². The van der Waals surface area contributed by atoms with E-state index in [1.54, 1.807) is 12.4 Å². The van der Waals surface area contributed by atoms with Gasteiger partial charge in [-0.3, -0.25) is 4.79 Å². The van der Waals surface area contributed by atoms with Gasteiger partial charge in [0.25, 0.3) is 5.91 Å². The van der Waals surface area contributed by atoms with Crippen LogP contribution >= 0.6 is 11.6 Å². The van der Waals surface area contributed by atoms with E-state index in [-0.39, 0.29) is 5.91 Å². The zero-order valence-electron chi connectivity index (χ0n) is 19.0. The molecule has 3 aromatic heterocycles. The number of nitrogens with zero attached hydrogens (tertiary/aromatic N) is 6. The van der Waals surface area contributed by atoms with Gasteiger partial charge in [0.15, 0.2) is 5.82 Å². The molecule has 34 heavy (non-hydrogen) atoms. The van der Waals surface area contributed by atoms with Gasteiger partial charge in [0.1, 0.15) is 17.3 Å². The summed E-state index contributed by atoms with van der Waals surface area (Å²) in [7, 11) is 0. The van der Waals surface area contributed by atoms with Gasteiger partial charge in [-0.2, -0.15) is 0 Å². The van der Waals surface area contributed by atoms with Gasteiger partial charge in [-0.05, 0) is 62.9 Å². The Hall–Kier alpha value is -3.52. The lowest BCUT2D eigenvalue weighted by Crippen LogP contribution is -2.15. The average Bonchev–Trinajstić information content (AvgIpc) is 3.23. The van der Waals surface area contributed by atoms with Gasteiger partial charge in [-0.1, -0.05) is 17.7 Å². The lowest BCUT2D eigenvalue weighted by molar-refractivity contribution is 0.102. The Morgan fingerprint density at radius 2 is 2.03 bits per heavy atom. The van der Waals surface area contributed by atoms with Crippen molar-refractivity contribution in [3.63, 3.8) is 0 Å². The van der Waals surface area contributed by atoms with Crippen molar-refractivity contribution >= 4 is 23.3 Å². The summed E-state index contributed by atoms with van der Waals surface area (Å²) in [5.74, 6) is 2.37. The number of halogens is 1. The molecule has 0 saturated heterocycles. The number of benzene rings is 1. The molecule has 0 radical (unpaired) electrons. The third-order valence-electron chi connectivity index (χ3n) is 6.62. The van der Waals surface area contributed by atoms with Crippen LogP contribution in [0.25, 0.3) is 17.2 Å². The number of carbonyl (C=O) groups is 1. The minimum atomic E-state index is -0.321. The largest absolute Gasteiger partial charge is 0.307 e. The third-order valence-corrected chi connectivity index (χ3v) is 6.93. The van der Waals surface area contributed by atoms with Crippen LogP contribution in [0.5, 0.6) is 0 Å². The van der Waals surface area contributed by atoms with Crippen molar-refractivity contribution in [2.45, 2.75) is 51.5 Å². The topological polar surface area (TPSA) is 90.5 Å². The molecule has 4 aromatic rings. The minimum Gasteiger partial charge on any atom is -0.307 e. The summed E-state index contributed by atoms with van der Waals surface area (Å²) in [6, 6.07) is 9.44. The highest BCUT2D eigenvalue weighted by Gasteiger charge is 2.27. The van der Waals surface area contributed by atoms with Crippen molar-refractivity contribution in [1.29, 1.82) is 0 Å². The Balaban J connectivity index is 1.28. The van der Waals surface area contributed by atoms with Crippen molar-refractivity contribution in [2.24, 2.45) is 0 Å². The van der Waals surface area contributed by atoms with Crippen LogP contribution in [-0.4, -0.2) is 35.2 Å². The van der Waals surface area contributed by atoms with Gasteiger partial charge in [0, 0.05) is 24.6 Å². The molecule has 6 rings (SSSR count). The molecule has 1 amide bonds. The van der Waals surface area contributed by atoms with Gasteiger partial charge in [-0.25, -0.2) is 9.97 Å². The first-order chi connectivity index (χ1) is 16.5. The number of aromatic nitrogens is 6. The number of imidazole rings is 1. The smallest absolute Gasteiger partial charge is 0.258 e. The number of carbonyl (C=O) groups excluding carboxylic acids is 1. The Morgan fingerprint density at radius 3 is 2.85 bits per heavy atom. The van der Waals surface area contributed by atoms with Crippen LogP contribution in [0.15, 0.2) is 42.9 Å². The van der Waals surface area contributed by atoms with Gasteiger partial charge in [0.05, 0.1) is 28.3 Å². The standard InChI is InChI=1S/C25H24ClN7O/c1-14-10-18(26)17(11-21(14)32-12-20(27-13-32)16-7-8-16)25(34)29-22-5-3-4-19(28-22)24-31-30-23-9-6-15(2)33(23)24/h3-5,10-13,15-16H,6-9H2,1-2H3,(H,28,29,34)/t15-/m1/s1. The zero-order valence-corrected chi connectivity index (χ0v) is 19.8. The maximum Gasteiger partial charge on any atom is 0.258 e. The van der Waals surface area contributed by atoms with Gasteiger partial charge >= 0.3 is 0 Å². The summed E-state index contributed by atoms with van der Waals surface area (Å²) in [5, 5.41) is 11.9. The number of rotatable bonds is 5. The Labute approximate surface area is 202 Å². The summed E-state index contributed by atoms with van der Waals surface area (Å²) in [4.78, 5) is 22.4. The first-order valence-corrected chi connectivity index (χ1v) is 11.9. The highest BCUT2D eigenvalue weighted by molar-refractivity contribution is 6.34. The molecular weight excluding hydrogens is 450 g/mol. The third kappa shape index (κ3) is 3.68. The van der Waals surface area contributed by atoms with Gasteiger partial charge in [-0.15, -0.1) is 10.2 Å². The van der Waals surface area contributed by atoms with E-state index in [9.17, 15) is 4.79 Å². The molecule has 8 nitrogen and oxygen atoms in total. The normalized spacial score (nSPS) is 17.1. The first-order valence-electron chi connectivity index (χ1n) is 11.5. The molecule has 1 aliphatic carbocycles. The minimum absolute atomic E-state index is 0.321. The molecule has 0 spiro atoms. The number of anilines is 1. The molecule has 1 aliphatic heterocycles. The van der Waals surface area contributed by atoms with Crippen molar-refractivity contribution in [2.75, 3.05) is 5.32 Å². The molecule has 1 saturated carbocycles. The van der Waals surface area contributed by atoms with Crippen LogP contribution in [0.4, 0.5) is 5.82 Å². The maximum atomic E-state index is 13.2. The Bertz CT molecular complexity index is 1420. The van der Waals surface area contributed by atoms with Crippen LogP contribution in [0, 0.1) is 6.92 Å². The van der Waals surface area contributed by atoms with E-state index in [1.165, 1.54) is 12.8 Å². The number of nitrogens with one attached hydrogen (secondary N) is 1. The zero-order chi connectivity index (χ0) is 23.4. The second-order valence-corrected chi connectivity index (χ2v) is 9.57. The molecule has 4 heterocycles. The second kappa shape index (κ2) is 8.06. The van der Waals surface area contributed by atoms with Crippen molar-refractivity contribution in [1.82, 2.24) is 29.3 Å². The van der Waals surface area contributed by atoms with Gasteiger partial charge in [0.2, 0.25) is 0 Å². The average molecular weight is 474 g/mol. The predicted molar refractivity (Wildman–Crippen MR) is 130 cm³/mol. The van der Waals surface area contributed by atoms with E-state index in [2.05, 4.69) is 37.0 Å². The highest BCUT2D eigenvalue weighted by atomic mass is 35.5. The summed E-state index contributed by atoms with van der Waals surface area (Å²) in [6.07, 6.45) is 8.17. The summed E-state index contributed by atoms with van der Waals surface area (Å²) >= 11 is 6.48. The van der Waals surface area contributed by atoms with Gasteiger partial charge < -0.3 is 14.5 Å². The fourth-order valence-corrected chi connectivity index (χ4v) is 4.89. The molecule has 1 fully saturated rings. The van der Waals surface area contributed by atoms with E-state index < -0.39 is 0 Å². The summed E-state index contributed by atoms with van der Waals surface area (Å²) in [6.45, 7) is 4.13. The van der Waals surface area contributed by atoms with Crippen LogP contribution in [0.1, 0.15) is 65.6 Å². The fraction of sp³-hybridized carbons (Fsp3) is 0.320. The Morgan fingerprint density at radius 1 is 1.18 bits per heavy atom. The lowest BCUT2D eigenvalue weighted by atomic mass is 10.1. The molecule has 0 bridgehead atoms. The number of hydrogen-bond acceptors (Lipinski definition) is 5. The number of pyridine rings is 1. The van der Waals surface area contributed by atoms with Crippen molar-refractivity contribution < 1.29 is 4.79 Å². The fourth-order valence-electron chi connectivity index (χ4n) is 4.58. The van der Waals surface area contributed by atoms with Crippen LogP contribution in [-0.2, 0) is 6.42 Å². The molecule has 1 N–H and O–H groups in total. The number of amides is 1. The predicted octanol–water partition coefficient (Wildman–Crippen LogP) is 5.12. The van der Waals surface area contributed by atoms with E-state index in [0.29, 0.717) is 34.1 Å². The molecule has 1 atom stereocenters. The van der Waals surface area contributed by atoms with Crippen LogP contribution in [0.2, 0.25) is 5.02 Å². The molecule has 0 unspecified atom stereocenters. The molecule has 172 valence electrons. The highest BCUT2D eigenvalue weighted by Crippen LogP contribution is 2.39. The van der Waals surface area contributed by atoms with Crippen LogP contribution in [0.3, 0.4) is 0 Å². The van der Waals surface area contributed by atoms with E-state index in [1.807, 2.05) is 42.0 Å². The number of fused-ring (bicyclic) bond motifs is 1. The molecule has 1 aromatic carbocycles. The summed E-state index contributed by atoms with van der Waals surface area (Å²) < 4.78 is 4.08. The molecule has 2 aliphatic rings. The van der Waals surface area contributed by atoms with E-state index >= 15 is 0 Å². The first kappa shape index (κ1) is 21.0. The van der Waals surface area contributed by atoms with Crippen LogP contribution < -0.4 is 5.32 Å². The monoisotopic (exact) mass is 473 g/mol. The van der Waals surface area contributed by atoms with Crippen molar-refractivity contribution in [3.05, 3.63) is 70.5 Å². The Kier molecular flexibility index (Phi) is 4.99. The lowest BCUT2D eigenvalue weighted by Gasteiger charge is -2.13. The summed E-state index contributed by atoms with van der Waals surface area (Å²) in [5.41, 5.74) is 4.00. The SMILES string of the molecule is Cc1cc(Cl)c(C(=O)Nc2cccc(-c3nnc4n3[C@H](C)CC4)n2)cc1-n1cnc(C2CC2)c1. The molecule has 9 heteroatoms. The quantitative estimate of drug-likeness (QED) is 0.434. The second-order valence-electron chi connectivity index (χ2n) is 9.16. The number of hydrogen-bond donors (Lipinski definition) is 1. The molecular formula is C25H24ClN7O. The maximum absolute atomic E-state index is 13.2.